The van der Waals surface area contributed by atoms with E-state index in [1.807, 2.05) is 44.3 Å². The summed E-state index contributed by atoms with van der Waals surface area (Å²) in [4.78, 5) is 2.00. The quantitative estimate of drug-likeness (QED) is 0.503. The predicted molar refractivity (Wildman–Crippen MR) is 43.8 cm³/mol. The average molecular weight is 141 g/mol. The molecule has 0 radical (unpaired) electrons. The lowest BCUT2D eigenvalue weighted by Gasteiger charge is -1.94. The molecule has 0 amide bonds. The largest absolute Gasteiger partial charge is 0.497 e. The maximum atomic E-state index is 4.80. The molecule has 0 N–H and O–H groups in total. The van der Waals surface area contributed by atoms with Crippen LogP contribution in [0.1, 0.15) is 0 Å². The van der Waals surface area contributed by atoms with Crippen molar-refractivity contribution in [1.29, 1.82) is 0 Å². The Bertz CT molecular complexity index is 102. The molecule has 1 aliphatic rings. The van der Waals surface area contributed by atoms with Gasteiger partial charge in [0.15, 0.2) is 0 Å². The van der Waals surface area contributed by atoms with Crippen LogP contribution in [0.4, 0.5) is 0 Å². The van der Waals surface area contributed by atoms with Gasteiger partial charge in [-0.2, -0.15) is 0 Å². The minimum absolute atomic E-state index is 0.733. The molecule has 1 heterocycles. The number of ether oxygens (including phenoxy) is 1. The van der Waals surface area contributed by atoms with Crippen molar-refractivity contribution in [2.75, 3.05) is 27.7 Å². The minimum Gasteiger partial charge on any atom is -0.497 e. The maximum absolute atomic E-state index is 4.80. The van der Waals surface area contributed by atoms with E-state index in [0.29, 0.717) is 0 Å². The standard InChI is InChI=1S/C5H6O.C3H9N/c1-2-4-6-5-3-1;1-4(2)3/h1-4H,5H2;1-3H3. The fourth-order valence-corrected chi connectivity index (χ4v) is 0.346. The van der Waals surface area contributed by atoms with Crippen LogP contribution >= 0.6 is 0 Å². The zero-order valence-electron chi connectivity index (χ0n) is 6.87. The van der Waals surface area contributed by atoms with Gasteiger partial charge in [-0.15, -0.1) is 0 Å². The topological polar surface area (TPSA) is 12.5 Å². The molecular formula is C8H15NO. The molecule has 0 aliphatic carbocycles. The van der Waals surface area contributed by atoms with E-state index >= 15 is 0 Å². The van der Waals surface area contributed by atoms with E-state index in [9.17, 15) is 0 Å². The van der Waals surface area contributed by atoms with Gasteiger partial charge in [-0.05, 0) is 33.3 Å². The van der Waals surface area contributed by atoms with Crippen LogP contribution < -0.4 is 0 Å². The molecule has 10 heavy (non-hydrogen) atoms. The van der Waals surface area contributed by atoms with Gasteiger partial charge in [0, 0.05) is 0 Å². The van der Waals surface area contributed by atoms with E-state index in [1.54, 1.807) is 6.26 Å². The molecule has 2 heteroatoms. The summed E-state index contributed by atoms with van der Waals surface area (Å²) in [6, 6.07) is 0. The molecule has 0 spiro atoms. The lowest BCUT2D eigenvalue weighted by molar-refractivity contribution is 0.286. The molecule has 0 aromatic heterocycles. The zero-order chi connectivity index (χ0) is 7.82. The van der Waals surface area contributed by atoms with E-state index in [2.05, 4.69) is 0 Å². The third kappa shape index (κ3) is 10.3. The Morgan fingerprint density at radius 3 is 1.90 bits per heavy atom. The Kier molecular flexibility index (Phi) is 5.88. The predicted octanol–water partition coefficient (Wildman–Crippen LogP) is 1.26. The van der Waals surface area contributed by atoms with Gasteiger partial charge in [0.05, 0.1) is 6.26 Å². The van der Waals surface area contributed by atoms with Gasteiger partial charge >= 0.3 is 0 Å². The Balaban J connectivity index is 0.000000180. The first-order valence-electron chi connectivity index (χ1n) is 3.27. The fourth-order valence-electron chi connectivity index (χ4n) is 0.346. The first-order chi connectivity index (χ1) is 4.73. The summed E-state index contributed by atoms with van der Waals surface area (Å²) < 4.78 is 4.80. The Hall–Kier alpha value is -0.760. The van der Waals surface area contributed by atoms with Crippen molar-refractivity contribution in [3.05, 3.63) is 24.5 Å². The van der Waals surface area contributed by atoms with Crippen LogP contribution in [0.25, 0.3) is 0 Å². The van der Waals surface area contributed by atoms with Crippen LogP contribution in [0.3, 0.4) is 0 Å². The summed E-state index contributed by atoms with van der Waals surface area (Å²) in [6.45, 7) is 0.733. The van der Waals surface area contributed by atoms with Crippen molar-refractivity contribution in [3.8, 4) is 0 Å². The second-order valence-electron chi connectivity index (χ2n) is 2.43. The van der Waals surface area contributed by atoms with Gasteiger partial charge in [-0.3, -0.25) is 0 Å². The highest BCUT2D eigenvalue weighted by Gasteiger charge is 1.75. The second kappa shape index (κ2) is 6.36. The van der Waals surface area contributed by atoms with Crippen molar-refractivity contribution >= 4 is 0 Å². The molecule has 0 fully saturated rings. The van der Waals surface area contributed by atoms with Crippen LogP contribution in [0.15, 0.2) is 24.5 Å². The molecule has 0 aromatic rings. The van der Waals surface area contributed by atoms with E-state index in [-0.39, 0.29) is 0 Å². The zero-order valence-corrected chi connectivity index (χ0v) is 6.87. The molecule has 1 aliphatic heterocycles. The maximum Gasteiger partial charge on any atom is 0.106 e. The van der Waals surface area contributed by atoms with Gasteiger partial charge in [0.25, 0.3) is 0 Å². The fraction of sp³-hybridized carbons (Fsp3) is 0.500. The van der Waals surface area contributed by atoms with Crippen molar-refractivity contribution < 1.29 is 4.74 Å². The highest BCUT2D eigenvalue weighted by atomic mass is 16.5. The Morgan fingerprint density at radius 1 is 1.20 bits per heavy atom. The van der Waals surface area contributed by atoms with E-state index in [0.717, 1.165) is 6.61 Å². The summed E-state index contributed by atoms with van der Waals surface area (Å²) in [5.74, 6) is 0. The van der Waals surface area contributed by atoms with Crippen molar-refractivity contribution in [2.24, 2.45) is 0 Å². The molecule has 0 aromatic carbocycles. The highest BCUT2D eigenvalue weighted by molar-refractivity contribution is 5.02. The average Bonchev–Trinajstić information content (AvgIpc) is 1.90. The number of hydrogen-bond donors (Lipinski definition) is 0. The minimum atomic E-state index is 0.733. The summed E-state index contributed by atoms with van der Waals surface area (Å²) in [5, 5.41) is 0. The second-order valence-corrected chi connectivity index (χ2v) is 2.43. The van der Waals surface area contributed by atoms with Crippen LogP contribution in [0, 0.1) is 0 Å². The third-order valence-corrected chi connectivity index (χ3v) is 0.614. The van der Waals surface area contributed by atoms with E-state index in [1.165, 1.54) is 0 Å². The number of allylic oxidation sites excluding steroid dienone is 2. The Morgan fingerprint density at radius 2 is 1.80 bits per heavy atom. The SMILES string of the molecule is C1=CCOC=C1.CN(C)C. The lowest BCUT2D eigenvalue weighted by atomic mass is 10.5. The van der Waals surface area contributed by atoms with Gasteiger partial charge in [-0.25, -0.2) is 0 Å². The lowest BCUT2D eigenvalue weighted by Crippen LogP contribution is -1.99. The number of hydrogen-bond acceptors (Lipinski definition) is 2. The summed E-state index contributed by atoms with van der Waals surface area (Å²) >= 11 is 0. The molecular weight excluding hydrogens is 126 g/mol. The molecule has 0 atom stereocenters. The molecule has 0 unspecified atom stereocenters. The van der Waals surface area contributed by atoms with Gasteiger partial charge in [-0.1, -0.05) is 6.08 Å². The third-order valence-electron chi connectivity index (χ3n) is 0.614. The number of rotatable bonds is 0. The van der Waals surface area contributed by atoms with Gasteiger partial charge in [0.2, 0.25) is 0 Å². The summed E-state index contributed by atoms with van der Waals surface area (Å²) in [7, 11) is 6.00. The molecule has 0 saturated heterocycles. The van der Waals surface area contributed by atoms with Crippen LogP contribution in [-0.4, -0.2) is 32.6 Å². The molecule has 58 valence electrons. The van der Waals surface area contributed by atoms with Crippen molar-refractivity contribution in [3.63, 3.8) is 0 Å². The Labute approximate surface area is 62.8 Å². The van der Waals surface area contributed by atoms with Crippen molar-refractivity contribution in [2.45, 2.75) is 0 Å². The van der Waals surface area contributed by atoms with Gasteiger partial charge < -0.3 is 9.64 Å². The molecule has 0 bridgehead atoms. The van der Waals surface area contributed by atoms with Crippen LogP contribution in [-0.2, 0) is 4.74 Å². The number of nitrogens with zero attached hydrogens (tertiary/aromatic N) is 1. The monoisotopic (exact) mass is 141 g/mol. The summed E-state index contributed by atoms with van der Waals surface area (Å²) in [6.07, 6.45) is 7.47. The van der Waals surface area contributed by atoms with Crippen LogP contribution in [0.2, 0.25) is 0 Å². The first-order valence-corrected chi connectivity index (χ1v) is 3.27. The summed E-state index contributed by atoms with van der Waals surface area (Å²) in [5.41, 5.74) is 0. The first kappa shape index (κ1) is 9.24. The van der Waals surface area contributed by atoms with E-state index in [4.69, 9.17) is 4.74 Å². The smallest absolute Gasteiger partial charge is 0.106 e. The molecule has 2 nitrogen and oxygen atoms in total. The van der Waals surface area contributed by atoms with Crippen molar-refractivity contribution in [1.82, 2.24) is 4.90 Å². The highest BCUT2D eigenvalue weighted by Crippen LogP contribution is 1.87. The molecule has 0 saturated carbocycles. The normalized spacial score (nSPS) is 14.0. The molecule has 1 rings (SSSR count). The van der Waals surface area contributed by atoms with Crippen LogP contribution in [0.5, 0.6) is 0 Å². The van der Waals surface area contributed by atoms with E-state index < -0.39 is 0 Å². The van der Waals surface area contributed by atoms with Gasteiger partial charge in [0.1, 0.15) is 6.61 Å².